The van der Waals surface area contributed by atoms with Crippen LogP contribution in [-0.2, 0) is 4.74 Å². The quantitative estimate of drug-likeness (QED) is 0.567. The second kappa shape index (κ2) is 7.55. The highest BCUT2D eigenvalue weighted by molar-refractivity contribution is 4.88. The molecule has 2 unspecified atom stereocenters. The van der Waals surface area contributed by atoms with Gasteiger partial charge < -0.3 is 14.5 Å². The summed E-state index contributed by atoms with van der Waals surface area (Å²) >= 11 is 0. The lowest BCUT2D eigenvalue weighted by Crippen LogP contribution is -2.55. The van der Waals surface area contributed by atoms with Crippen LogP contribution in [0.3, 0.4) is 0 Å². The lowest BCUT2D eigenvalue weighted by molar-refractivity contribution is 0.0542. The lowest BCUT2D eigenvalue weighted by Gasteiger charge is -2.36. The number of nitrogens with two attached hydrogens (primary N) is 1. The maximum absolute atomic E-state index is 5.85. The molecular weight excluding hydrogens is 240 g/mol. The Morgan fingerprint density at radius 1 is 1.26 bits per heavy atom. The standard InChI is InChI=1S/C14H30N4O/c1-17-6-3-7-18(2)14(11-17)13(16-15)10-12-4-8-19-9-5-12/h12-14,16H,3-11,15H2,1-2H3. The van der Waals surface area contributed by atoms with E-state index in [2.05, 4.69) is 29.3 Å². The second-order valence-corrected chi connectivity index (χ2v) is 6.23. The molecule has 0 spiro atoms. The van der Waals surface area contributed by atoms with E-state index in [-0.39, 0.29) is 0 Å². The van der Waals surface area contributed by atoms with E-state index in [0.29, 0.717) is 12.1 Å². The van der Waals surface area contributed by atoms with E-state index in [9.17, 15) is 0 Å². The summed E-state index contributed by atoms with van der Waals surface area (Å²) < 4.78 is 5.45. The Morgan fingerprint density at radius 3 is 2.68 bits per heavy atom. The van der Waals surface area contributed by atoms with Gasteiger partial charge in [-0.2, -0.15) is 0 Å². The minimum Gasteiger partial charge on any atom is -0.381 e. The van der Waals surface area contributed by atoms with Crippen molar-refractivity contribution in [3.05, 3.63) is 0 Å². The number of nitrogens with one attached hydrogen (secondary N) is 1. The van der Waals surface area contributed by atoms with E-state index < -0.39 is 0 Å². The summed E-state index contributed by atoms with van der Waals surface area (Å²) in [5.74, 6) is 6.61. The molecule has 19 heavy (non-hydrogen) atoms. The number of hydrogen-bond acceptors (Lipinski definition) is 5. The average molecular weight is 270 g/mol. The third-order valence-corrected chi connectivity index (χ3v) is 4.72. The molecule has 2 heterocycles. The number of nitrogens with zero attached hydrogens (tertiary/aromatic N) is 2. The van der Waals surface area contributed by atoms with Gasteiger partial charge in [-0.3, -0.25) is 11.3 Å². The molecule has 2 rings (SSSR count). The summed E-state index contributed by atoms with van der Waals surface area (Å²) in [4.78, 5) is 4.91. The molecule has 0 aromatic carbocycles. The van der Waals surface area contributed by atoms with Crippen molar-refractivity contribution in [2.45, 2.75) is 37.8 Å². The molecule has 5 nitrogen and oxygen atoms in total. The van der Waals surface area contributed by atoms with Crippen LogP contribution in [0.25, 0.3) is 0 Å². The Bertz CT molecular complexity index is 258. The average Bonchev–Trinajstić information content (AvgIpc) is 2.59. The number of hydrazine groups is 1. The summed E-state index contributed by atoms with van der Waals surface area (Å²) in [6, 6.07) is 0.897. The van der Waals surface area contributed by atoms with Crippen LogP contribution in [0.1, 0.15) is 25.7 Å². The number of ether oxygens (including phenoxy) is 1. The van der Waals surface area contributed by atoms with Gasteiger partial charge in [-0.05, 0) is 58.8 Å². The van der Waals surface area contributed by atoms with Crippen LogP contribution in [-0.4, -0.2) is 68.8 Å². The van der Waals surface area contributed by atoms with E-state index in [1.165, 1.54) is 38.8 Å². The van der Waals surface area contributed by atoms with Crippen LogP contribution in [0.2, 0.25) is 0 Å². The molecule has 0 amide bonds. The van der Waals surface area contributed by atoms with Crippen molar-refractivity contribution in [2.75, 3.05) is 46.9 Å². The van der Waals surface area contributed by atoms with Crippen LogP contribution in [0, 0.1) is 5.92 Å². The highest BCUT2D eigenvalue weighted by Gasteiger charge is 2.30. The summed E-state index contributed by atoms with van der Waals surface area (Å²) in [7, 11) is 4.45. The Kier molecular flexibility index (Phi) is 6.04. The van der Waals surface area contributed by atoms with Crippen molar-refractivity contribution >= 4 is 0 Å². The topological polar surface area (TPSA) is 53.8 Å². The summed E-state index contributed by atoms with van der Waals surface area (Å²) in [6.45, 7) is 5.30. The Labute approximate surface area is 117 Å². The molecular formula is C14H30N4O. The fraction of sp³-hybridized carbons (Fsp3) is 1.00. The number of likely N-dealkylation sites (N-methyl/N-ethyl adjacent to an activating group) is 2. The minimum atomic E-state index is 0.383. The molecule has 0 saturated carbocycles. The summed E-state index contributed by atoms with van der Waals surface area (Å²) in [5.41, 5.74) is 3.09. The Morgan fingerprint density at radius 2 is 2.00 bits per heavy atom. The first-order chi connectivity index (χ1) is 9.20. The van der Waals surface area contributed by atoms with E-state index in [4.69, 9.17) is 10.6 Å². The van der Waals surface area contributed by atoms with Gasteiger partial charge in [-0.25, -0.2) is 0 Å². The van der Waals surface area contributed by atoms with Gasteiger partial charge in [0.05, 0.1) is 0 Å². The van der Waals surface area contributed by atoms with Crippen LogP contribution in [0.5, 0.6) is 0 Å². The van der Waals surface area contributed by atoms with Crippen molar-refractivity contribution in [2.24, 2.45) is 11.8 Å². The fourth-order valence-electron chi connectivity index (χ4n) is 3.42. The molecule has 0 aromatic rings. The largest absolute Gasteiger partial charge is 0.381 e. The Hall–Kier alpha value is -0.200. The smallest absolute Gasteiger partial charge is 0.0468 e. The SMILES string of the molecule is CN1CCCN(C)C(C(CC2CCOCC2)NN)C1. The van der Waals surface area contributed by atoms with Gasteiger partial charge in [0.1, 0.15) is 0 Å². The number of hydrogen-bond donors (Lipinski definition) is 2. The normalized spacial score (nSPS) is 30.2. The van der Waals surface area contributed by atoms with Gasteiger partial charge in [-0.1, -0.05) is 0 Å². The first-order valence-electron chi connectivity index (χ1n) is 7.63. The van der Waals surface area contributed by atoms with Gasteiger partial charge in [0, 0.05) is 31.8 Å². The maximum atomic E-state index is 5.85. The molecule has 5 heteroatoms. The van der Waals surface area contributed by atoms with Crippen LogP contribution in [0.4, 0.5) is 0 Å². The first-order valence-corrected chi connectivity index (χ1v) is 7.63. The fourth-order valence-corrected chi connectivity index (χ4v) is 3.42. The van der Waals surface area contributed by atoms with Gasteiger partial charge in [0.25, 0.3) is 0 Å². The molecule has 3 N–H and O–H groups in total. The third kappa shape index (κ3) is 4.39. The van der Waals surface area contributed by atoms with Gasteiger partial charge in [-0.15, -0.1) is 0 Å². The molecule has 0 aliphatic carbocycles. The van der Waals surface area contributed by atoms with Crippen molar-refractivity contribution in [1.82, 2.24) is 15.2 Å². The highest BCUT2D eigenvalue weighted by Crippen LogP contribution is 2.23. The van der Waals surface area contributed by atoms with E-state index >= 15 is 0 Å². The van der Waals surface area contributed by atoms with Crippen molar-refractivity contribution < 1.29 is 4.74 Å². The number of rotatable bonds is 4. The molecule has 0 radical (unpaired) electrons. The van der Waals surface area contributed by atoms with Crippen LogP contribution >= 0.6 is 0 Å². The van der Waals surface area contributed by atoms with Gasteiger partial charge in [0.15, 0.2) is 0 Å². The van der Waals surface area contributed by atoms with E-state index in [1.807, 2.05) is 0 Å². The molecule has 2 saturated heterocycles. The second-order valence-electron chi connectivity index (χ2n) is 6.23. The van der Waals surface area contributed by atoms with E-state index in [1.54, 1.807) is 0 Å². The lowest BCUT2D eigenvalue weighted by atomic mass is 9.89. The molecule has 112 valence electrons. The van der Waals surface area contributed by atoms with E-state index in [0.717, 1.165) is 25.7 Å². The predicted octanol–water partition coefficient (Wildman–Crippen LogP) is 0.271. The van der Waals surface area contributed by atoms with Gasteiger partial charge in [0.2, 0.25) is 0 Å². The molecule has 2 atom stereocenters. The molecule has 2 fully saturated rings. The monoisotopic (exact) mass is 270 g/mol. The van der Waals surface area contributed by atoms with Crippen molar-refractivity contribution in [3.63, 3.8) is 0 Å². The minimum absolute atomic E-state index is 0.383. The molecule has 0 aromatic heterocycles. The maximum Gasteiger partial charge on any atom is 0.0468 e. The molecule has 2 aliphatic heterocycles. The predicted molar refractivity (Wildman–Crippen MR) is 77.8 cm³/mol. The summed E-state index contributed by atoms with van der Waals surface area (Å²) in [6.07, 6.45) is 4.79. The summed E-state index contributed by atoms with van der Waals surface area (Å²) in [5, 5.41) is 0. The first kappa shape index (κ1) is 15.2. The Balaban J connectivity index is 1.93. The van der Waals surface area contributed by atoms with Gasteiger partial charge >= 0.3 is 0 Å². The van der Waals surface area contributed by atoms with Crippen molar-refractivity contribution in [3.8, 4) is 0 Å². The third-order valence-electron chi connectivity index (χ3n) is 4.72. The van der Waals surface area contributed by atoms with Crippen molar-refractivity contribution in [1.29, 1.82) is 0 Å². The van der Waals surface area contributed by atoms with Crippen LogP contribution in [0.15, 0.2) is 0 Å². The molecule has 2 aliphatic rings. The zero-order chi connectivity index (χ0) is 13.7. The zero-order valence-electron chi connectivity index (χ0n) is 12.5. The zero-order valence-corrected chi connectivity index (χ0v) is 12.5. The molecule has 0 bridgehead atoms. The van der Waals surface area contributed by atoms with Crippen LogP contribution < -0.4 is 11.3 Å². The highest BCUT2D eigenvalue weighted by atomic mass is 16.5.